The van der Waals surface area contributed by atoms with E-state index in [4.69, 9.17) is 15.2 Å². The number of hydrogen-bond acceptors (Lipinski definition) is 5. The second-order valence-corrected chi connectivity index (χ2v) is 6.53. The lowest BCUT2D eigenvalue weighted by Crippen LogP contribution is -2.49. The van der Waals surface area contributed by atoms with Crippen molar-refractivity contribution in [2.75, 3.05) is 26.8 Å². The molecule has 23 heavy (non-hydrogen) atoms. The molecule has 2 aliphatic rings. The number of rotatable bonds is 2. The Hall–Kier alpha value is -1.85. The predicted molar refractivity (Wildman–Crippen MR) is 90.1 cm³/mol. The Morgan fingerprint density at radius 3 is 2.91 bits per heavy atom. The second kappa shape index (κ2) is 5.98. The highest BCUT2D eigenvalue weighted by atomic mass is 16.5. The summed E-state index contributed by atoms with van der Waals surface area (Å²) in [5.74, 6) is 1.77. The minimum absolute atomic E-state index is 0.359. The summed E-state index contributed by atoms with van der Waals surface area (Å²) in [5.41, 5.74) is 8.27. The fourth-order valence-electron chi connectivity index (χ4n) is 3.67. The first kappa shape index (κ1) is 14.7. The third-order valence-corrected chi connectivity index (χ3v) is 5.11. The molecule has 1 aromatic heterocycles. The van der Waals surface area contributed by atoms with Gasteiger partial charge < -0.3 is 15.2 Å². The fourth-order valence-corrected chi connectivity index (χ4v) is 3.67. The summed E-state index contributed by atoms with van der Waals surface area (Å²) in [7, 11) is 1.69. The van der Waals surface area contributed by atoms with Crippen molar-refractivity contribution in [2.24, 2.45) is 5.73 Å². The van der Waals surface area contributed by atoms with Crippen LogP contribution in [-0.4, -0.2) is 48.8 Å². The maximum Gasteiger partial charge on any atom is 0.141 e. The Morgan fingerprint density at radius 2 is 2.13 bits per heavy atom. The molecule has 1 unspecified atom stereocenters. The van der Waals surface area contributed by atoms with Crippen molar-refractivity contribution in [3.63, 3.8) is 0 Å². The van der Waals surface area contributed by atoms with Crippen molar-refractivity contribution in [3.05, 3.63) is 30.0 Å². The van der Waals surface area contributed by atoms with Crippen LogP contribution < -0.4 is 15.2 Å². The Morgan fingerprint density at radius 1 is 1.30 bits per heavy atom. The highest BCUT2D eigenvalue weighted by Crippen LogP contribution is 2.34. The van der Waals surface area contributed by atoms with E-state index in [1.165, 1.54) is 5.56 Å². The third-order valence-electron chi connectivity index (χ3n) is 5.11. The molecule has 2 N–H and O–H groups in total. The number of nitrogens with two attached hydrogens (primary N) is 1. The van der Waals surface area contributed by atoms with E-state index in [1.54, 1.807) is 7.11 Å². The molecular weight excluding hydrogens is 290 g/mol. The highest BCUT2D eigenvalue weighted by Gasteiger charge is 2.29. The van der Waals surface area contributed by atoms with E-state index in [1.807, 2.05) is 18.3 Å². The monoisotopic (exact) mass is 313 g/mol. The predicted octanol–water partition coefficient (Wildman–Crippen LogP) is 1.97. The zero-order valence-corrected chi connectivity index (χ0v) is 13.5. The maximum atomic E-state index is 6.03. The number of aromatic nitrogens is 1. The van der Waals surface area contributed by atoms with Crippen LogP contribution in [0, 0.1) is 0 Å². The number of pyridine rings is 1. The van der Waals surface area contributed by atoms with E-state index in [-0.39, 0.29) is 0 Å². The molecule has 0 aliphatic carbocycles. The van der Waals surface area contributed by atoms with Gasteiger partial charge in [0.25, 0.3) is 0 Å². The molecule has 3 heterocycles. The minimum atomic E-state index is 0.359. The summed E-state index contributed by atoms with van der Waals surface area (Å²) < 4.78 is 11.4. The average Bonchev–Trinajstić information content (AvgIpc) is 2.61. The van der Waals surface area contributed by atoms with Crippen molar-refractivity contribution in [3.8, 4) is 11.5 Å². The number of piperidine rings is 1. The van der Waals surface area contributed by atoms with Crippen LogP contribution in [0.15, 0.2) is 24.4 Å². The molecule has 2 aromatic rings. The number of nitrogens with zero attached hydrogens (tertiary/aromatic N) is 2. The molecule has 1 aromatic carbocycles. The Labute approximate surface area is 136 Å². The van der Waals surface area contributed by atoms with Crippen LogP contribution in [0.25, 0.3) is 10.9 Å². The normalized spacial score (nSPS) is 22.6. The van der Waals surface area contributed by atoms with E-state index < -0.39 is 0 Å². The molecule has 1 saturated heterocycles. The third kappa shape index (κ3) is 2.75. The largest absolute Gasteiger partial charge is 0.497 e. The Bertz CT molecular complexity index is 705. The number of likely N-dealkylation sites (tertiary alicyclic amines) is 1. The number of fused-ring (bicyclic) bond motifs is 3. The van der Waals surface area contributed by atoms with Gasteiger partial charge in [0.15, 0.2) is 0 Å². The van der Waals surface area contributed by atoms with Crippen LogP contribution in [0.2, 0.25) is 0 Å². The molecule has 4 rings (SSSR count). The van der Waals surface area contributed by atoms with Gasteiger partial charge in [-0.15, -0.1) is 0 Å². The molecule has 2 aliphatic heterocycles. The lowest BCUT2D eigenvalue weighted by molar-refractivity contribution is 0.0960. The quantitative estimate of drug-likeness (QED) is 0.918. The van der Waals surface area contributed by atoms with Gasteiger partial charge in [-0.25, -0.2) is 0 Å². The van der Waals surface area contributed by atoms with Gasteiger partial charge in [-0.3, -0.25) is 9.88 Å². The Balaban J connectivity index is 1.65. The van der Waals surface area contributed by atoms with Crippen LogP contribution in [0.1, 0.15) is 18.4 Å². The molecule has 5 nitrogen and oxygen atoms in total. The van der Waals surface area contributed by atoms with Gasteiger partial charge in [-0.1, -0.05) is 0 Å². The molecule has 0 radical (unpaired) electrons. The van der Waals surface area contributed by atoms with E-state index in [2.05, 4.69) is 16.0 Å². The standard InChI is InChI=1S/C18H23N3O2/c1-22-14-2-3-17-15(9-14)16-8-13(11-23-18(16)10-20-17)21-6-4-12(19)5-7-21/h2-3,9-10,12-13H,4-8,11,19H2,1H3. The fraction of sp³-hybridized carbons (Fsp3) is 0.500. The van der Waals surface area contributed by atoms with E-state index >= 15 is 0 Å². The highest BCUT2D eigenvalue weighted by molar-refractivity contribution is 5.85. The topological polar surface area (TPSA) is 60.6 Å². The summed E-state index contributed by atoms with van der Waals surface area (Å²) >= 11 is 0. The zero-order chi connectivity index (χ0) is 15.8. The molecule has 1 atom stereocenters. The molecule has 0 amide bonds. The number of hydrogen-bond donors (Lipinski definition) is 1. The Kier molecular flexibility index (Phi) is 3.83. The molecule has 1 fully saturated rings. The molecular formula is C18H23N3O2. The van der Waals surface area contributed by atoms with Crippen LogP contribution >= 0.6 is 0 Å². The van der Waals surface area contributed by atoms with Crippen molar-refractivity contribution >= 4 is 10.9 Å². The summed E-state index contributed by atoms with van der Waals surface area (Å²) in [4.78, 5) is 7.03. The molecule has 0 saturated carbocycles. The summed E-state index contributed by atoms with van der Waals surface area (Å²) in [6, 6.07) is 6.82. The van der Waals surface area contributed by atoms with Gasteiger partial charge in [0.1, 0.15) is 18.1 Å². The van der Waals surface area contributed by atoms with Gasteiger partial charge in [0.2, 0.25) is 0 Å². The lowest BCUT2D eigenvalue weighted by Gasteiger charge is -2.38. The summed E-state index contributed by atoms with van der Waals surface area (Å²) in [5, 5.41) is 1.14. The van der Waals surface area contributed by atoms with Crippen molar-refractivity contribution < 1.29 is 9.47 Å². The maximum absolute atomic E-state index is 6.03. The van der Waals surface area contributed by atoms with Crippen LogP contribution in [0.5, 0.6) is 11.5 Å². The number of benzene rings is 1. The van der Waals surface area contributed by atoms with Gasteiger partial charge in [-0.05, 0) is 37.5 Å². The van der Waals surface area contributed by atoms with Crippen molar-refractivity contribution in [1.82, 2.24) is 9.88 Å². The first-order valence-corrected chi connectivity index (χ1v) is 8.32. The van der Waals surface area contributed by atoms with Crippen molar-refractivity contribution in [1.29, 1.82) is 0 Å². The van der Waals surface area contributed by atoms with Gasteiger partial charge in [-0.2, -0.15) is 0 Å². The summed E-state index contributed by atoms with van der Waals surface area (Å²) in [6.45, 7) is 2.87. The number of ether oxygens (including phenoxy) is 2. The SMILES string of the molecule is COc1ccc2ncc3c(c2c1)CC(N1CCC(N)CC1)CO3. The first-order chi connectivity index (χ1) is 11.2. The summed E-state index contributed by atoms with van der Waals surface area (Å²) in [6.07, 6.45) is 5.01. The van der Waals surface area contributed by atoms with Gasteiger partial charge in [0.05, 0.1) is 18.8 Å². The minimum Gasteiger partial charge on any atom is -0.497 e. The molecule has 0 bridgehead atoms. The average molecular weight is 313 g/mol. The number of methoxy groups -OCH3 is 1. The van der Waals surface area contributed by atoms with Gasteiger partial charge in [0, 0.05) is 36.1 Å². The zero-order valence-electron chi connectivity index (χ0n) is 13.5. The van der Waals surface area contributed by atoms with Crippen LogP contribution in [0.4, 0.5) is 0 Å². The van der Waals surface area contributed by atoms with Crippen LogP contribution in [0.3, 0.4) is 0 Å². The van der Waals surface area contributed by atoms with Crippen LogP contribution in [-0.2, 0) is 6.42 Å². The molecule has 122 valence electrons. The molecule has 0 spiro atoms. The second-order valence-electron chi connectivity index (χ2n) is 6.53. The molecule has 5 heteroatoms. The first-order valence-electron chi connectivity index (χ1n) is 8.32. The van der Waals surface area contributed by atoms with E-state index in [0.717, 1.165) is 61.4 Å². The smallest absolute Gasteiger partial charge is 0.141 e. The van der Waals surface area contributed by atoms with E-state index in [9.17, 15) is 0 Å². The van der Waals surface area contributed by atoms with E-state index in [0.29, 0.717) is 12.1 Å². The lowest BCUT2D eigenvalue weighted by atomic mass is 9.96. The van der Waals surface area contributed by atoms with Gasteiger partial charge >= 0.3 is 0 Å². The van der Waals surface area contributed by atoms with Crippen molar-refractivity contribution in [2.45, 2.75) is 31.3 Å².